The lowest BCUT2D eigenvalue weighted by Gasteiger charge is -2.42. The zero-order chi connectivity index (χ0) is 17.5. The Morgan fingerprint density at radius 1 is 1.17 bits per heavy atom. The molecule has 0 aromatic heterocycles. The molecule has 0 heterocycles. The topological polar surface area (TPSA) is 18.5 Å². The molecular formula is C21H33BrO2. The molecule has 0 amide bonds. The van der Waals surface area contributed by atoms with E-state index in [2.05, 4.69) is 49.7 Å². The van der Waals surface area contributed by atoms with Crippen molar-refractivity contribution < 1.29 is 9.47 Å². The molecule has 0 spiro atoms. The predicted molar refractivity (Wildman–Crippen MR) is 103 cm³/mol. The Labute approximate surface area is 156 Å². The Balaban J connectivity index is 1.78. The SMILES string of the molecule is COC1CCC(C2=C[C@@H]3CC[C@H](OC(C)(C)C)[C@@]3(C)CC2)=C(Br)C1. The number of hydrogen-bond acceptors (Lipinski definition) is 2. The predicted octanol–water partition coefficient (Wildman–Crippen LogP) is 6.15. The summed E-state index contributed by atoms with van der Waals surface area (Å²) in [6, 6.07) is 0. The quantitative estimate of drug-likeness (QED) is 0.568. The van der Waals surface area contributed by atoms with Crippen molar-refractivity contribution in [2.75, 3.05) is 7.11 Å². The van der Waals surface area contributed by atoms with E-state index in [0.29, 0.717) is 23.5 Å². The van der Waals surface area contributed by atoms with E-state index in [9.17, 15) is 0 Å². The van der Waals surface area contributed by atoms with Gasteiger partial charge < -0.3 is 9.47 Å². The van der Waals surface area contributed by atoms with Crippen molar-refractivity contribution in [3.63, 3.8) is 0 Å². The molecule has 0 radical (unpaired) electrons. The van der Waals surface area contributed by atoms with Crippen LogP contribution in [0, 0.1) is 11.3 Å². The summed E-state index contributed by atoms with van der Waals surface area (Å²) in [5, 5.41) is 0. The Bertz CT molecular complexity index is 543. The lowest BCUT2D eigenvalue weighted by molar-refractivity contribution is -0.109. The fourth-order valence-corrected chi connectivity index (χ4v) is 5.67. The van der Waals surface area contributed by atoms with Crippen molar-refractivity contribution >= 4 is 15.9 Å². The normalized spacial score (nSPS) is 37.4. The summed E-state index contributed by atoms with van der Waals surface area (Å²) in [7, 11) is 1.83. The van der Waals surface area contributed by atoms with Gasteiger partial charge in [-0.3, -0.25) is 0 Å². The van der Waals surface area contributed by atoms with Gasteiger partial charge in [0.15, 0.2) is 0 Å². The number of hydrogen-bond donors (Lipinski definition) is 0. The van der Waals surface area contributed by atoms with Crippen molar-refractivity contribution in [1.29, 1.82) is 0 Å². The molecule has 0 bridgehead atoms. The number of ether oxygens (including phenoxy) is 2. The minimum Gasteiger partial charge on any atom is -0.381 e. The molecule has 2 nitrogen and oxygen atoms in total. The highest BCUT2D eigenvalue weighted by Gasteiger charge is 2.49. The molecule has 0 aromatic carbocycles. The Kier molecular flexibility index (Phi) is 5.36. The van der Waals surface area contributed by atoms with Crippen molar-refractivity contribution in [2.45, 2.75) is 90.4 Å². The van der Waals surface area contributed by atoms with Crippen LogP contribution in [0.2, 0.25) is 0 Å². The van der Waals surface area contributed by atoms with Crippen LogP contribution in [0.5, 0.6) is 0 Å². The first-order valence-corrected chi connectivity index (χ1v) is 10.3. The minimum atomic E-state index is -0.0450. The largest absolute Gasteiger partial charge is 0.381 e. The van der Waals surface area contributed by atoms with Crippen LogP contribution in [0.25, 0.3) is 0 Å². The van der Waals surface area contributed by atoms with Crippen LogP contribution in [0.4, 0.5) is 0 Å². The molecule has 3 rings (SSSR count). The highest BCUT2D eigenvalue weighted by Crippen LogP contribution is 2.54. The molecule has 136 valence electrons. The van der Waals surface area contributed by atoms with Gasteiger partial charge in [-0.15, -0.1) is 0 Å². The Morgan fingerprint density at radius 2 is 1.92 bits per heavy atom. The highest BCUT2D eigenvalue weighted by molar-refractivity contribution is 9.11. The molecular weight excluding hydrogens is 364 g/mol. The van der Waals surface area contributed by atoms with Gasteiger partial charge in [0.2, 0.25) is 0 Å². The fourth-order valence-electron chi connectivity index (χ4n) is 4.85. The maximum Gasteiger partial charge on any atom is 0.0641 e. The van der Waals surface area contributed by atoms with Gasteiger partial charge in [0.1, 0.15) is 0 Å². The van der Waals surface area contributed by atoms with E-state index in [1.807, 2.05) is 7.11 Å². The van der Waals surface area contributed by atoms with Crippen LogP contribution >= 0.6 is 15.9 Å². The van der Waals surface area contributed by atoms with Gasteiger partial charge in [-0.25, -0.2) is 0 Å². The zero-order valence-corrected chi connectivity index (χ0v) is 17.5. The molecule has 3 aliphatic carbocycles. The van der Waals surface area contributed by atoms with Gasteiger partial charge in [0.25, 0.3) is 0 Å². The van der Waals surface area contributed by atoms with Crippen LogP contribution in [-0.4, -0.2) is 24.9 Å². The van der Waals surface area contributed by atoms with Crippen molar-refractivity contribution in [2.24, 2.45) is 11.3 Å². The number of fused-ring (bicyclic) bond motifs is 1. The molecule has 1 unspecified atom stereocenters. The third-order valence-corrected chi connectivity index (χ3v) is 7.13. The van der Waals surface area contributed by atoms with E-state index in [-0.39, 0.29) is 5.60 Å². The Morgan fingerprint density at radius 3 is 2.54 bits per heavy atom. The van der Waals surface area contributed by atoms with E-state index < -0.39 is 0 Å². The first kappa shape index (κ1) is 18.7. The van der Waals surface area contributed by atoms with Crippen LogP contribution in [0.15, 0.2) is 21.7 Å². The van der Waals surface area contributed by atoms with E-state index in [1.165, 1.54) is 30.2 Å². The monoisotopic (exact) mass is 396 g/mol. The molecule has 4 atom stereocenters. The summed E-state index contributed by atoms with van der Waals surface area (Å²) in [5.41, 5.74) is 3.42. The molecule has 3 heteroatoms. The average Bonchev–Trinajstić information content (AvgIpc) is 2.81. The fraction of sp³-hybridized carbons (Fsp3) is 0.810. The maximum atomic E-state index is 6.43. The summed E-state index contributed by atoms with van der Waals surface area (Å²) >= 11 is 3.84. The van der Waals surface area contributed by atoms with Crippen LogP contribution in [0.3, 0.4) is 0 Å². The van der Waals surface area contributed by atoms with E-state index in [1.54, 1.807) is 11.1 Å². The first-order chi connectivity index (χ1) is 11.2. The summed E-state index contributed by atoms with van der Waals surface area (Å²) in [5.74, 6) is 0.668. The molecule has 24 heavy (non-hydrogen) atoms. The second kappa shape index (κ2) is 6.89. The van der Waals surface area contributed by atoms with Crippen molar-refractivity contribution in [1.82, 2.24) is 0 Å². The van der Waals surface area contributed by atoms with Crippen LogP contribution in [0.1, 0.15) is 72.6 Å². The Hall–Kier alpha value is -0.120. The summed E-state index contributed by atoms with van der Waals surface area (Å²) in [6.45, 7) is 9.01. The summed E-state index contributed by atoms with van der Waals surface area (Å²) in [6.07, 6.45) is 11.6. The van der Waals surface area contributed by atoms with Crippen LogP contribution < -0.4 is 0 Å². The second-order valence-electron chi connectivity index (χ2n) is 9.08. The second-order valence-corrected chi connectivity index (χ2v) is 10.0. The third kappa shape index (κ3) is 3.68. The third-order valence-electron chi connectivity index (χ3n) is 6.33. The molecule has 0 N–H and O–H groups in total. The van der Waals surface area contributed by atoms with Gasteiger partial charge in [-0.2, -0.15) is 0 Å². The lowest BCUT2D eigenvalue weighted by atomic mass is 9.68. The summed E-state index contributed by atoms with van der Waals surface area (Å²) < 4.78 is 13.3. The van der Waals surface area contributed by atoms with Crippen molar-refractivity contribution in [3.05, 3.63) is 21.7 Å². The number of rotatable bonds is 3. The van der Waals surface area contributed by atoms with Gasteiger partial charge in [-0.05, 0) is 76.4 Å². The number of methoxy groups -OCH3 is 1. The molecule has 1 fully saturated rings. The van der Waals surface area contributed by atoms with Gasteiger partial charge in [0.05, 0.1) is 17.8 Å². The maximum absolute atomic E-state index is 6.43. The number of halogens is 1. The minimum absolute atomic E-state index is 0.0450. The van der Waals surface area contributed by atoms with Gasteiger partial charge >= 0.3 is 0 Å². The number of allylic oxidation sites excluding steroid dienone is 3. The first-order valence-electron chi connectivity index (χ1n) is 9.52. The molecule has 0 saturated heterocycles. The average molecular weight is 397 g/mol. The van der Waals surface area contributed by atoms with Crippen molar-refractivity contribution in [3.8, 4) is 0 Å². The molecule has 0 aromatic rings. The zero-order valence-electron chi connectivity index (χ0n) is 16.0. The molecule has 0 aliphatic heterocycles. The smallest absolute Gasteiger partial charge is 0.0641 e. The van der Waals surface area contributed by atoms with Gasteiger partial charge in [-0.1, -0.05) is 28.9 Å². The van der Waals surface area contributed by atoms with E-state index in [4.69, 9.17) is 9.47 Å². The lowest BCUT2D eigenvalue weighted by Crippen LogP contribution is -2.40. The van der Waals surface area contributed by atoms with Gasteiger partial charge in [0, 0.05) is 23.4 Å². The molecule has 1 saturated carbocycles. The standard InChI is InChI=1S/C21H33BrO2/c1-20(2,3)24-19-9-6-15-12-14(10-11-21(15,19)4)17-8-7-16(23-5)13-18(17)22/h12,15-16,19H,6-11,13H2,1-5H3/t15-,16?,19-,21-/m0/s1. The van der Waals surface area contributed by atoms with Crippen LogP contribution in [-0.2, 0) is 9.47 Å². The summed E-state index contributed by atoms with van der Waals surface area (Å²) in [4.78, 5) is 0. The van der Waals surface area contributed by atoms with E-state index >= 15 is 0 Å². The highest BCUT2D eigenvalue weighted by atomic mass is 79.9. The van der Waals surface area contributed by atoms with E-state index in [0.717, 1.165) is 19.3 Å². The molecule has 3 aliphatic rings.